The first-order valence-corrected chi connectivity index (χ1v) is 5.63. The van der Waals surface area contributed by atoms with Crippen molar-refractivity contribution in [1.82, 2.24) is 0 Å². The van der Waals surface area contributed by atoms with E-state index >= 15 is 0 Å². The van der Waals surface area contributed by atoms with Crippen LogP contribution in [0.25, 0.3) is 0 Å². The molecule has 0 aliphatic carbocycles. The van der Waals surface area contributed by atoms with Gasteiger partial charge in [0.2, 0.25) is 0 Å². The Kier molecular flexibility index (Phi) is 4.60. The van der Waals surface area contributed by atoms with Crippen molar-refractivity contribution in [2.75, 3.05) is 11.9 Å². The van der Waals surface area contributed by atoms with Gasteiger partial charge >= 0.3 is 0 Å². The fraction of sp³-hybridized carbons (Fsp3) is 0.538. The van der Waals surface area contributed by atoms with Crippen molar-refractivity contribution in [2.45, 2.75) is 33.6 Å². The van der Waals surface area contributed by atoms with Gasteiger partial charge in [0.25, 0.3) is 0 Å². The summed E-state index contributed by atoms with van der Waals surface area (Å²) in [5.41, 5.74) is 1.71. The Hall–Kier alpha value is -1.05. The van der Waals surface area contributed by atoms with E-state index in [1.165, 1.54) is 18.9 Å². The van der Waals surface area contributed by atoms with Gasteiger partial charge in [-0.2, -0.15) is 0 Å². The molecule has 0 aliphatic rings. The van der Waals surface area contributed by atoms with Crippen LogP contribution < -0.4 is 5.32 Å². The summed E-state index contributed by atoms with van der Waals surface area (Å²) in [4.78, 5) is 0. The number of halogens is 1. The first kappa shape index (κ1) is 12.0. The van der Waals surface area contributed by atoms with Crippen LogP contribution in [-0.4, -0.2) is 6.54 Å². The lowest BCUT2D eigenvalue weighted by Crippen LogP contribution is -2.11. The smallest absolute Gasteiger partial charge is 0.126 e. The van der Waals surface area contributed by atoms with Gasteiger partial charge in [-0.15, -0.1) is 0 Å². The molecule has 1 aromatic carbocycles. The fourth-order valence-corrected chi connectivity index (χ4v) is 1.64. The molecule has 0 aliphatic heterocycles. The third-order valence-corrected chi connectivity index (χ3v) is 2.59. The van der Waals surface area contributed by atoms with E-state index in [-0.39, 0.29) is 5.82 Å². The molecule has 0 heterocycles. The summed E-state index contributed by atoms with van der Waals surface area (Å²) in [5.74, 6) is 0.530. The maximum atomic E-state index is 13.0. The molecular weight excluding hydrogens is 189 g/mol. The van der Waals surface area contributed by atoms with Gasteiger partial charge in [0, 0.05) is 12.2 Å². The van der Waals surface area contributed by atoms with E-state index in [1.807, 2.05) is 6.07 Å². The zero-order valence-corrected chi connectivity index (χ0v) is 9.81. The first-order valence-electron chi connectivity index (χ1n) is 5.63. The summed E-state index contributed by atoms with van der Waals surface area (Å²) < 4.78 is 13.0. The highest BCUT2D eigenvalue weighted by atomic mass is 19.1. The molecule has 1 rings (SSSR count). The van der Waals surface area contributed by atoms with Crippen LogP contribution in [0.5, 0.6) is 0 Å². The molecular formula is C13H20FN. The minimum absolute atomic E-state index is 0.137. The first-order chi connectivity index (χ1) is 7.13. The summed E-state index contributed by atoms with van der Waals surface area (Å²) in [5, 5.41) is 3.33. The molecule has 0 aromatic heterocycles. The second-order valence-corrected chi connectivity index (χ2v) is 4.24. The predicted molar refractivity (Wildman–Crippen MR) is 63.7 cm³/mol. The average Bonchev–Trinajstić information content (AvgIpc) is 2.20. The van der Waals surface area contributed by atoms with Gasteiger partial charge in [0.1, 0.15) is 5.82 Å². The molecule has 0 radical (unpaired) electrons. The molecule has 1 unspecified atom stereocenters. The minimum atomic E-state index is -0.137. The number of hydrogen-bond donors (Lipinski definition) is 1. The van der Waals surface area contributed by atoms with Crippen LogP contribution in [0.3, 0.4) is 0 Å². The molecule has 0 spiro atoms. The maximum absolute atomic E-state index is 13.0. The van der Waals surface area contributed by atoms with Crippen LogP contribution >= 0.6 is 0 Å². The Bertz CT molecular complexity index is 309. The zero-order chi connectivity index (χ0) is 11.3. The number of nitrogens with one attached hydrogen (secondary N) is 1. The standard InChI is InChI=1S/C13H20FN/c1-4-5-10(2)9-15-12-6-7-13(14)11(3)8-12/h6-8,10,15H,4-5,9H2,1-3H3. The van der Waals surface area contributed by atoms with Gasteiger partial charge in [-0.25, -0.2) is 4.39 Å². The maximum Gasteiger partial charge on any atom is 0.126 e. The van der Waals surface area contributed by atoms with Crippen LogP contribution in [0, 0.1) is 18.7 Å². The van der Waals surface area contributed by atoms with Crippen LogP contribution in [0.1, 0.15) is 32.3 Å². The van der Waals surface area contributed by atoms with Crippen molar-refractivity contribution < 1.29 is 4.39 Å². The van der Waals surface area contributed by atoms with Crippen LogP contribution in [-0.2, 0) is 0 Å². The molecule has 0 saturated heterocycles. The van der Waals surface area contributed by atoms with Gasteiger partial charge in [0.15, 0.2) is 0 Å². The summed E-state index contributed by atoms with van der Waals surface area (Å²) >= 11 is 0. The molecule has 84 valence electrons. The predicted octanol–water partition coefficient (Wildman–Crippen LogP) is 3.98. The van der Waals surface area contributed by atoms with Crippen LogP contribution in [0.4, 0.5) is 10.1 Å². The van der Waals surface area contributed by atoms with Crippen molar-refractivity contribution in [3.8, 4) is 0 Å². The van der Waals surface area contributed by atoms with Crippen LogP contribution in [0.15, 0.2) is 18.2 Å². The number of anilines is 1. The summed E-state index contributed by atoms with van der Waals surface area (Å²) in [6.45, 7) is 7.17. The van der Waals surface area contributed by atoms with Gasteiger partial charge in [0.05, 0.1) is 0 Å². The fourth-order valence-electron chi connectivity index (χ4n) is 1.64. The summed E-state index contributed by atoms with van der Waals surface area (Å²) in [7, 11) is 0. The lowest BCUT2D eigenvalue weighted by Gasteiger charge is -2.13. The van der Waals surface area contributed by atoms with Gasteiger partial charge in [-0.1, -0.05) is 20.3 Å². The van der Waals surface area contributed by atoms with Crippen molar-refractivity contribution >= 4 is 5.69 Å². The Balaban J connectivity index is 2.47. The topological polar surface area (TPSA) is 12.0 Å². The van der Waals surface area contributed by atoms with Crippen molar-refractivity contribution in [1.29, 1.82) is 0 Å². The molecule has 1 N–H and O–H groups in total. The molecule has 0 fully saturated rings. The third kappa shape index (κ3) is 3.90. The highest BCUT2D eigenvalue weighted by Gasteiger charge is 2.02. The van der Waals surface area contributed by atoms with E-state index < -0.39 is 0 Å². The Labute approximate surface area is 91.7 Å². The van der Waals surface area contributed by atoms with E-state index in [4.69, 9.17) is 0 Å². The molecule has 1 atom stereocenters. The average molecular weight is 209 g/mol. The van der Waals surface area contributed by atoms with Gasteiger partial charge in [-0.05, 0) is 43.0 Å². The lowest BCUT2D eigenvalue weighted by molar-refractivity contribution is 0.550. The van der Waals surface area contributed by atoms with Crippen molar-refractivity contribution in [3.05, 3.63) is 29.6 Å². The molecule has 2 heteroatoms. The summed E-state index contributed by atoms with van der Waals surface area (Å²) in [6, 6.07) is 5.16. The quantitative estimate of drug-likeness (QED) is 0.773. The largest absolute Gasteiger partial charge is 0.385 e. The second kappa shape index (κ2) is 5.74. The molecule has 0 bridgehead atoms. The highest BCUT2D eigenvalue weighted by Crippen LogP contribution is 2.14. The Morgan fingerprint density at radius 3 is 2.73 bits per heavy atom. The van der Waals surface area contributed by atoms with E-state index in [9.17, 15) is 4.39 Å². The second-order valence-electron chi connectivity index (χ2n) is 4.24. The van der Waals surface area contributed by atoms with Gasteiger partial charge < -0.3 is 5.32 Å². The molecule has 1 aromatic rings. The minimum Gasteiger partial charge on any atom is -0.385 e. The normalized spacial score (nSPS) is 12.5. The van der Waals surface area contributed by atoms with E-state index in [1.54, 1.807) is 13.0 Å². The number of benzene rings is 1. The number of hydrogen-bond acceptors (Lipinski definition) is 1. The summed E-state index contributed by atoms with van der Waals surface area (Å²) in [6.07, 6.45) is 2.44. The highest BCUT2D eigenvalue weighted by molar-refractivity contribution is 5.45. The Morgan fingerprint density at radius 1 is 1.40 bits per heavy atom. The van der Waals surface area contributed by atoms with Crippen molar-refractivity contribution in [3.63, 3.8) is 0 Å². The van der Waals surface area contributed by atoms with E-state index in [2.05, 4.69) is 19.2 Å². The number of rotatable bonds is 5. The molecule has 0 amide bonds. The SMILES string of the molecule is CCCC(C)CNc1ccc(F)c(C)c1. The Morgan fingerprint density at radius 2 is 2.13 bits per heavy atom. The number of aryl methyl sites for hydroxylation is 1. The molecule has 1 nitrogen and oxygen atoms in total. The van der Waals surface area contributed by atoms with Gasteiger partial charge in [-0.3, -0.25) is 0 Å². The molecule has 15 heavy (non-hydrogen) atoms. The zero-order valence-electron chi connectivity index (χ0n) is 9.81. The van der Waals surface area contributed by atoms with Crippen molar-refractivity contribution in [2.24, 2.45) is 5.92 Å². The van der Waals surface area contributed by atoms with Crippen LogP contribution in [0.2, 0.25) is 0 Å². The third-order valence-electron chi connectivity index (χ3n) is 2.59. The molecule has 0 saturated carbocycles. The lowest BCUT2D eigenvalue weighted by atomic mass is 10.1. The monoisotopic (exact) mass is 209 g/mol. The van der Waals surface area contributed by atoms with E-state index in [0.29, 0.717) is 11.5 Å². The van der Waals surface area contributed by atoms with E-state index in [0.717, 1.165) is 12.2 Å².